The van der Waals surface area contributed by atoms with Gasteiger partial charge in [-0.25, -0.2) is 9.37 Å². The molecule has 3 fully saturated rings. The Labute approximate surface area is 223 Å². The number of carbonyl (C=O) groups excluding carboxylic acids is 1. The largest absolute Gasteiger partial charge is 0.492 e. The van der Waals surface area contributed by atoms with E-state index in [4.69, 9.17) is 4.74 Å². The summed E-state index contributed by atoms with van der Waals surface area (Å²) in [5, 5.41) is 12.2. The van der Waals surface area contributed by atoms with Crippen molar-refractivity contribution in [2.75, 3.05) is 6.61 Å². The molecule has 39 heavy (non-hydrogen) atoms. The van der Waals surface area contributed by atoms with Crippen LogP contribution in [-0.4, -0.2) is 47.8 Å². The molecular formula is C29H24FN7O2. The Kier molecular flexibility index (Phi) is 5.19. The third-order valence-electron chi connectivity index (χ3n) is 7.66. The summed E-state index contributed by atoms with van der Waals surface area (Å²) in [4.78, 5) is 26.4. The lowest BCUT2D eigenvalue weighted by Gasteiger charge is -2.69. The van der Waals surface area contributed by atoms with Gasteiger partial charge >= 0.3 is 0 Å². The van der Waals surface area contributed by atoms with E-state index < -0.39 is 0 Å². The van der Waals surface area contributed by atoms with Crippen molar-refractivity contribution in [3.8, 4) is 23.0 Å². The number of rotatable bonds is 7. The van der Waals surface area contributed by atoms with Crippen LogP contribution in [0.15, 0.2) is 73.2 Å². The average Bonchev–Trinajstić information content (AvgIpc) is 3.35. The molecule has 0 saturated heterocycles. The molecule has 9 nitrogen and oxygen atoms in total. The third kappa shape index (κ3) is 3.66. The second-order valence-corrected chi connectivity index (χ2v) is 10.2. The lowest BCUT2D eigenvalue weighted by Crippen LogP contribution is -2.77. The lowest BCUT2D eigenvalue weighted by atomic mass is 9.39. The number of nitrogens with zero attached hydrogens (tertiary/aromatic N) is 6. The Morgan fingerprint density at radius 1 is 1.00 bits per heavy atom. The van der Waals surface area contributed by atoms with Crippen molar-refractivity contribution in [1.82, 2.24) is 35.0 Å². The number of ether oxygens (including phenoxy) is 1. The zero-order valence-electron chi connectivity index (χ0n) is 21.1. The van der Waals surface area contributed by atoms with Crippen LogP contribution in [0.5, 0.6) is 5.75 Å². The van der Waals surface area contributed by atoms with Crippen molar-refractivity contribution in [2.45, 2.75) is 37.1 Å². The second-order valence-electron chi connectivity index (χ2n) is 10.2. The molecule has 0 unspecified atom stereocenters. The number of hydrogen-bond donors (Lipinski definition) is 1. The average molecular weight is 522 g/mol. The number of pyridine rings is 3. The summed E-state index contributed by atoms with van der Waals surface area (Å²) in [5.41, 5.74) is 2.01. The topological polar surface area (TPSA) is 108 Å². The van der Waals surface area contributed by atoms with Gasteiger partial charge in [0.2, 0.25) is 0 Å². The summed E-state index contributed by atoms with van der Waals surface area (Å²) >= 11 is 0. The SMILES string of the molecule is CCOc1ccc(-c2nnc(C34CC(NC(=O)c5ccnc6cccnc56)(C3)C4)n2-c2ccccc2F)nc1. The highest BCUT2D eigenvalue weighted by Gasteiger charge is 2.71. The van der Waals surface area contributed by atoms with Crippen molar-refractivity contribution in [2.24, 2.45) is 0 Å². The zero-order valence-corrected chi connectivity index (χ0v) is 21.1. The van der Waals surface area contributed by atoms with Crippen LogP contribution in [0.3, 0.4) is 0 Å². The van der Waals surface area contributed by atoms with E-state index in [1.807, 2.05) is 19.1 Å². The van der Waals surface area contributed by atoms with Gasteiger partial charge in [-0.1, -0.05) is 12.1 Å². The molecule has 0 spiro atoms. The van der Waals surface area contributed by atoms with Gasteiger partial charge in [0.15, 0.2) is 5.82 Å². The molecule has 1 N–H and O–H groups in total. The molecule has 2 bridgehead atoms. The number of nitrogens with one attached hydrogen (secondary N) is 1. The van der Waals surface area contributed by atoms with Crippen molar-refractivity contribution >= 4 is 16.9 Å². The molecule has 8 rings (SSSR count). The van der Waals surface area contributed by atoms with E-state index in [9.17, 15) is 4.79 Å². The maximum atomic E-state index is 15.1. The summed E-state index contributed by atoms with van der Waals surface area (Å²) < 4.78 is 22.4. The molecule has 1 aromatic carbocycles. The number of aromatic nitrogens is 6. The predicted molar refractivity (Wildman–Crippen MR) is 141 cm³/mol. The molecule has 0 radical (unpaired) electrons. The highest BCUT2D eigenvalue weighted by molar-refractivity contribution is 6.04. The maximum absolute atomic E-state index is 15.1. The summed E-state index contributed by atoms with van der Waals surface area (Å²) in [6, 6.07) is 15.5. The number of hydrogen-bond acceptors (Lipinski definition) is 7. The van der Waals surface area contributed by atoms with Gasteiger partial charge in [0.1, 0.15) is 28.6 Å². The number of para-hydroxylation sites is 1. The minimum Gasteiger partial charge on any atom is -0.492 e. The molecule has 194 valence electrons. The van der Waals surface area contributed by atoms with Gasteiger partial charge in [0.25, 0.3) is 5.91 Å². The van der Waals surface area contributed by atoms with Crippen molar-refractivity contribution < 1.29 is 13.9 Å². The van der Waals surface area contributed by atoms with Crippen LogP contribution in [-0.2, 0) is 5.41 Å². The monoisotopic (exact) mass is 521 g/mol. The first-order valence-electron chi connectivity index (χ1n) is 12.8. The Bertz CT molecular complexity index is 1710. The van der Waals surface area contributed by atoms with Crippen LogP contribution in [0.2, 0.25) is 0 Å². The highest BCUT2D eigenvalue weighted by atomic mass is 19.1. The van der Waals surface area contributed by atoms with Gasteiger partial charge in [-0.15, -0.1) is 10.2 Å². The van der Waals surface area contributed by atoms with Gasteiger partial charge in [-0.05, 0) is 68.7 Å². The predicted octanol–water partition coefficient (Wildman–Crippen LogP) is 4.41. The summed E-state index contributed by atoms with van der Waals surface area (Å²) in [7, 11) is 0. The van der Waals surface area contributed by atoms with Crippen LogP contribution in [0.25, 0.3) is 28.2 Å². The lowest BCUT2D eigenvalue weighted by molar-refractivity contribution is -0.0873. The molecule has 3 aliphatic carbocycles. The van der Waals surface area contributed by atoms with E-state index in [0.717, 1.165) is 0 Å². The maximum Gasteiger partial charge on any atom is 0.254 e. The van der Waals surface area contributed by atoms with E-state index in [2.05, 4.69) is 30.5 Å². The zero-order chi connectivity index (χ0) is 26.6. The van der Waals surface area contributed by atoms with Crippen LogP contribution >= 0.6 is 0 Å². The number of fused-ring (bicyclic) bond motifs is 1. The molecule has 0 aliphatic heterocycles. The number of halogens is 1. The number of amides is 1. The van der Waals surface area contributed by atoms with E-state index >= 15 is 4.39 Å². The number of benzene rings is 1. The van der Waals surface area contributed by atoms with Crippen molar-refractivity contribution in [3.05, 3.63) is 90.4 Å². The van der Waals surface area contributed by atoms with Gasteiger partial charge in [0.05, 0.1) is 29.6 Å². The second kappa shape index (κ2) is 8.65. The molecule has 4 heterocycles. The Balaban J connectivity index is 1.19. The first-order valence-corrected chi connectivity index (χ1v) is 12.8. The van der Waals surface area contributed by atoms with Gasteiger partial charge < -0.3 is 10.1 Å². The van der Waals surface area contributed by atoms with Crippen molar-refractivity contribution in [3.63, 3.8) is 0 Å². The third-order valence-corrected chi connectivity index (χ3v) is 7.66. The molecule has 4 aromatic heterocycles. The minimum absolute atomic E-state index is 0.177. The molecular weight excluding hydrogens is 497 g/mol. The van der Waals surface area contributed by atoms with E-state index in [1.54, 1.807) is 59.6 Å². The summed E-state index contributed by atoms with van der Waals surface area (Å²) in [5.74, 6) is 1.22. The van der Waals surface area contributed by atoms with Gasteiger partial charge in [-0.2, -0.15) is 0 Å². The smallest absolute Gasteiger partial charge is 0.254 e. The molecule has 5 aromatic rings. The first-order chi connectivity index (χ1) is 19.0. The molecule has 10 heteroatoms. The molecule has 3 aliphatic rings. The Morgan fingerprint density at radius 2 is 1.85 bits per heavy atom. The number of carbonyl (C=O) groups is 1. The van der Waals surface area contributed by atoms with E-state index in [1.165, 1.54) is 6.07 Å². The van der Waals surface area contributed by atoms with E-state index in [-0.39, 0.29) is 22.7 Å². The highest BCUT2D eigenvalue weighted by Crippen LogP contribution is 2.67. The minimum atomic E-state index is -0.377. The van der Waals surface area contributed by atoms with Crippen LogP contribution in [0, 0.1) is 5.82 Å². The quantitative estimate of drug-likeness (QED) is 0.338. The Hall–Kier alpha value is -4.73. The fraction of sp³-hybridized carbons (Fsp3) is 0.241. The molecule has 0 atom stereocenters. The summed E-state index contributed by atoms with van der Waals surface area (Å²) in [6.45, 7) is 2.44. The van der Waals surface area contributed by atoms with Crippen molar-refractivity contribution in [1.29, 1.82) is 0 Å². The van der Waals surface area contributed by atoms with Crippen LogP contribution in [0.4, 0.5) is 4.39 Å². The first kappa shape index (κ1) is 23.4. The fourth-order valence-corrected chi connectivity index (χ4v) is 6.05. The normalized spacial score (nSPS) is 21.2. The molecule has 3 saturated carbocycles. The molecule has 1 amide bonds. The summed E-state index contributed by atoms with van der Waals surface area (Å²) in [6.07, 6.45) is 6.96. The Morgan fingerprint density at radius 3 is 2.62 bits per heavy atom. The van der Waals surface area contributed by atoms with E-state index in [0.29, 0.717) is 71.2 Å². The van der Waals surface area contributed by atoms with Crippen LogP contribution < -0.4 is 10.1 Å². The van der Waals surface area contributed by atoms with Gasteiger partial charge in [0, 0.05) is 23.3 Å². The van der Waals surface area contributed by atoms with Crippen LogP contribution in [0.1, 0.15) is 42.4 Å². The van der Waals surface area contributed by atoms with Gasteiger partial charge in [-0.3, -0.25) is 19.3 Å². The standard InChI is InChI=1S/C29H24FN7O2/c1-2-39-18-9-10-22(33-14-18)25-35-36-27(37(25)23-8-4-3-6-20(23)30)28-15-29(16-28,17-28)34-26(38)19-11-13-31-21-7-5-12-32-24(19)21/h3-14H,2,15-17H2,1H3,(H,34,38). The fourth-order valence-electron chi connectivity index (χ4n) is 6.05.